The molecule has 0 aromatic carbocycles. The van der Waals surface area contributed by atoms with E-state index in [1.165, 1.54) is 20.0 Å². The highest BCUT2D eigenvalue weighted by molar-refractivity contribution is 5.86. The Kier molecular flexibility index (Phi) is 6.35. The number of fused-ring (bicyclic) bond motifs is 5. The molecule has 0 bridgehead atoms. The predicted molar refractivity (Wildman–Crippen MR) is 121 cm³/mol. The van der Waals surface area contributed by atoms with E-state index < -0.39 is 0 Å². The van der Waals surface area contributed by atoms with E-state index >= 15 is 0 Å². The van der Waals surface area contributed by atoms with Crippen LogP contribution in [0, 0.1) is 52.3 Å². The van der Waals surface area contributed by atoms with Crippen molar-refractivity contribution in [3.05, 3.63) is 0 Å². The molecule has 4 aliphatic carbocycles. The Hall–Kier alpha value is -0.900. The smallest absolute Gasteiger partial charge is 0.305 e. The molecule has 4 rings (SSSR count). The highest BCUT2D eigenvalue weighted by Crippen LogP contribution is 2.68. The minimum Gasteiger partial charge on any atom is -0.469 e. The van der Waals surface area contributed by atoms with Gasteiger partial charge in [0, 0.05) is 18.3 Å². The van der Waals surface area contributed by atoms with Gasteiger partial charge in [0.05, 0.1) is 13.2 Å². The maximum Gasteiger partial charge on any atom is 0.305 e. The van der Waals surface area contributed by atoms with Crippen LogP contribution in [0.1, 0.15) is 91.9 Å². The van der Waals surface area contributed by atoms with E-state index in [9.17, 15) is 14.7 Å². The number of hydrogen-bond donors (Lipinski definition) is 1. The van der Waals surface area contributed by atoms with E-state index in [1.54, 1.807) is 0 Å². The van der Waals surface area contributed by atoms with E-state index in [1.807, 2.05) is 0 Å². The van der Waals surface area contributed by atoms with Crippen LogP contribution in [0.5, 0.6) is 0 Å². The second-order valence-electron chi connectivity index (χ2n) is 12.0. The molecule has 0 spiro atoms. The Morgan fingerprint density at radius 2 is 1.77 bits per heavy atom. The van der Waals surface area contributed by atoms with Gasteiger partial charge in [-0.25, -0.2) is 0 Å². The summed E-state index contributed by atoms with van der Waals surface area (Å²) in [7, 11) is 1.47. The first-order valence-corrected chi connectivity index (χ1v) is 13.0. The Morgan fingerprint density at radius 1 is 1.10 bits per heavy atom. The second-order valence-corrected chi connectivity index (χ2v) is 12.0. The summed E-state index contributed by atoms with van der Waals surface area (Å²) in [5.74, 6) is 3.16. The lowest BCUT2D eigenvalue weighted by Crippen LogP contribution is -2.60. The van der Waals surface area contributed by atoms with E-state index in [-0.39, 0.29) is 34.7 Å². The molecule has 4 fully saturated rings. The summed E-state index contributed by atoms with van der Waals surface area (Å²) in [6.45, 7) is 9.42. The molecule has 0 aromatic heterocycles. The predicted octanol–water partition coefficient (Wildman–Crippen LogP) is 5.41. The highest BCUT2D eigenvalue weighted by atomic mass is 16.5. The van der Waals surface area contributed by atoms with Crippen molar-refractivity contribution in [3.8, 4) is 0 Å². The molecule has 0 unspecified atom stereocenters. The van der Waals surface area contributed by atoms with Crippen LogP contribution in [0.3, 0.4) is 0 Å². The molecule has 176 valence electrons. The fraction of sp³-hybridized carbons (Fsp3) is 0.926. The number of hydrogen-bond acceptors (Lipinski definition) is 4. The fourth-order valence-corrected chi connectivity index (χ4v) is 9.26. The monoisotopic (exact) mass is 432 g/mol. The normalized spacial score (nSPS) is 47.8. The zero-order valence-electron chi connectivity index (χ0n) is 20.4. The molecule has 0 saturated heterocycles. The van der Waals surface area contributed by atoms with Crippen molar-refractivity contribution in [2.24, 2.45) is 52.3 Å². The number of Topliss-reactive ketones (excluding diaryl/α,β-unsaturated/α-hetero) is 1. The number of aliphatic hydroxyl groups excluding tert-OH is 1. The lowest BCUT2D eigenvalue weighted by Gasteiger charge is -2.62. The number of esters is 1. The summed E-state index contributed by atoms with van der Waals surface area (Å²) in [5.41, 5.74) is 0.413. The van der Waals surface area contributed by atoms with Gasteiger partial charge in [0.2, 0.25) is 0 Å². The Balaban J connectivity index is 1.59. The van der Waals surface area contributed by atoms with Crippen molar-refractivity contribution in [2.75, 3.05) is 7.11 Å². The molecule has 0 aliphatic heterocycles. The highest BCUT2D eigenvalue weighted by Gasteiger charge is 2.65. The van der Waals surface area contributed by atoms with Crippen LogP contribution < -0.4 is 0 Å². The van der Waals surface area contributed by atoms with Gasteiger partial charge in [-0.1, -0.05) is 27.7 Å². The van der Waals surface area contributed by atoms with Crippen LogP contribution in [0.25, 0.3) is 0 Å². The third-order valence-electron chi connectivity index (χ3n) is 10.9. The molecule has 31 heavy (non-hydrogen) atoms. The number of ether oxygens (including phenoxy) is 1. The minimum atomic E-state index is -0.225. The largest absolute Gasteiger partial charge is 0.469 e. The molecular weight excluding hydrogens is 388 g/mol. The Bertz CT molecular complexity index is 703. The van der Waals surface area contributed by atoms with Crippen molar-refractivity contribution < 1.29 is 19.4 Å². The van der Waals surface area contributed by atoms with Gasteiger partial charge >= 0.3 is 5.97 Å². The average Bonchev–Trinajstić information content (AvgIpc) is 3.10. The molecule has 4 aliphatic rings. The molecule has 0 aromatic rings. The minimum absolute atomic E-state index is 0.109. The zero-order valence-corrected chi connectivity index (χ0v) is 20.4. The second kappa shape index (κ2) is 8.47. The van der Waals surface area contributed by atoms with Crippen LogP contribution in [0.2, 0.25) is 0 Å². The number of carbonyl (C=O) groups excluding carboxylic acids is 2. The first-order chi connectivity index (χ1) is 14.7. The van der Waals surface area contributed by atoms with Gasteiger partial charge in [0.15, 0.2) is 0 Å². The average molecular weight is 433 g/mol. The third kappa shape index (κ3) is 3.60. The van der Waals surface area contributed by atoms with Gasteiger partial charge in [-0.05, 0) is 98.2 Å². The van der Waals surface area contributed by atoms with Crippen molar-refractivity contribution >= 4 is 11.8 Å². The maximum absolute atomic E-state index is 14.0. The molecule has 1 N–H and O–H groups in total. The Morgan fingerprint density at radius 3 is 2.45 bits per heavy atom. The molecule has 0 amide bonds. The van der Waals surface area contributed by atoms with E-state index in [0.29, 0.717) is 41.8 Å². The SMILES string of the molecule is CC[C@H]1C(=O)[C@@H]2[C@H](CC[C@]3(C)[C@@H]([C@H](C)CCC(=O)OC)CC[C@@H]23)[C@@]2(C)CC[C@@H](O)C[C@@H]12. The molecular formula is C27H44O4. The molecule has 4 saturated carbocycles. The molecule has 0 heterocycles. The first-order valence-electron chi connectivity index (χ1n) is 13.0. The van der Waals surface area contributed by atoms with Crippen molar-refractivity contribution in [1.29, 1.82) is 0 Å². The molecule has 4 heteroatoms. The van der Waals surface area contributed by atoms with Gasteiger partial charge in [0.25, 0.3) is 0 Å². The van der Waals surface area contributed by atoms with Crippen molar-refractivity contribution in [1.82, 2.24) is 0 Å². The molecule has 4 nitrogen and oxygen atoms in total. The van der Waals surface area contributed by atoms with Crippen molar-refractivity contribution in [2.45, 2.75) is 98.0 Å². The van der Waals surface area contributed by atoms with Crippen LogP contribution in [0.4, 0.5) is 0 Å². The quantitative estimate of drug-likeness (QED) is 0.590. The van der Waals surface area contributed by atoms with Crippen LogP contribution in [0.15, 0.2) is 0 Å². The van der Waals surface area contributed by atoms with Crippen LogP contribution in [-0.4, -0.2) is 30.1 Å². The first kappa shape index (κ1) is 23.3. The lowest BCUT2D eigenvalue weighted by atomic mass is 9.42. The van der Waals surface area contributed by atoms with Crippen LogP contribution in [-0.2, 0) is 14.3 Å². The van der Waals surface area contributed by atoms with Gasteiger partial charge in [-0.2, -0.15) is 0 Å². The van der Waals surface area contributed by atoms with Gasteiger partial charge in [-0.3, -0.25) is 9.59 Å². The summed E-state index contributed by atoms with van der Waals surface area (Å²) < 4.78 is 4.87. The topological polar surface area (TPSA) is 63.6 Å². The van der Waals surface area contributed by atoms with Gasteiger partial charge in [-0.15, -0.1) is 0 Å². The van der Waals surface area contributed by atoms with Crippen LogP contribution >= 0.6 is 0 Å². The molecule has 10 atom stereocenters. The summed E-state index contributed by atoms with van der Waals surface area (Å²) in [5, 5.41) is 10.4. The van der Waals surface area contributed by atoms with Crippen molar-refractivity contribution in [3.63, 3.8) is 0 Å². The maximum atomic E-state index is 14.0. The van der Waals surface area contributed by atoms with E-state index in [2.05, 4.69) is 27.7 Å². The third-order valence-corrected chi connectivity index (χ3v) is 10.9. The number of aliphatic hydroxyl groups is 1. The number of methoxy groups -OCH3 is 1. The summed E-state index contributed by atoms with van der Waals surface area (Å²) in [4.78, 5) is 25.7. The summed E-state index contributed by atoms with van der Waals surface area (Å²) >= 11 is 0. The summed E-state index contributed by atoms with van der Waals surface area (Å²) in [6.07, 6.45) is 9.59. The van der Waals surface area contributed by atoms with Gasteiger partial charge < -0.3 is 9.84 Å². The zero-order chi connectivity index (χ0) is 22.6. The van der Waals surface area contributed by atoms with Gasteiger partial charge in [0.1, 0.15) is 5.78 Å². The van der Waals surface area contributed by atoms with E-state index in [4.69, 9.17) is 4.74 Å². The fourth-order valence-electron chi connectivity index (χ4n) is 9.26. The number of rotatable bonds is 5. The Labute approximate surface area is 188 Å². The number of carbonyl (C=O) groups is 2. The van der Waals surface area contributed by atoms with E-state index in [0.717, 1.165) is 44.9 Å². The standard InChI is InChI=1S/C27H44O4/c1-6-18-22-15-17(28)11-13-27(22,4)21-12-14-26(3)19(16(2)7-10-23(29)31-5)8-9-20(26)24(21)25(18)30/h16-22,24,28H,6-15H2,1-5H3/t16-,17-,18-,19-,20+,21+,22+,24+,26-,27-/m1/s1. The lowest BCUT2D eigenvalue weighted by molar-refractivity contribution is -0.173. The summed E-state index contributed by atoms with van der Waals surface area (Å²) in [6, 6.07) is 0. The molecule has 0 radical (unpaired) electrons. The number of ketones is 1.